The molecule has 3 aromatic rings. The summed E-state index contributed by atoms with van der Waals surface area (Å²) < 4.78 is 18.6. The maximum absolute atomic E-state index is 12.5. The van der Waals surface area contributed by atoms with Crippen molar-refractivity contribution in [1.82, 2.24) is 5.43 Å². The van der Waals surface area contributed by atoms with Gasteiger partial charge in [-0.15, -0.1) is 0 Å². The van der Waals surface area contributed by atoms with Gasteiger partial charge in [-0.2, -0.15) is 5.10 Å². The molecule has 0 heterocycles. The Morgan fingerprint density at radius 1 is 1.12 bits per heavy atom. The highest BCUT2D eigenvalue weighted by atomic mass is 127. The molecule has 0 fully saturated rings. The predicted molar refractivity (Wildman–Crippen MR) is 147 cm³/mol. The summed E-state index contributed by atoms with van der Waals surface area (Å²) in [7, 11) is 1.50. The molecule has 34 heavy (non-hydrogen) atoms. The number of amides is 1. The van der Waals surface area contributed by atoms with Crippen LogP contribution in [-0.4, -0.2) is 25.8 Å². The zero-order valence-electron chi connectivity index (χ0n) is 18.2. The summed E-state index contributed by atoms with van der Waals surface area (Å²) in [5, 5.41) is 5.18. The van der Waals surface area contributed by atoms with Gasteiger partial charge in [0, 0.05) is 20.1 Å². The van der Waals surface area contributed by atoms with Crippen LogP contribution in [0.25, 0.3) is 0 Å². The topological polar surface area (TPSA) is 69.2 Å². The second-order valence-electron chi connectivity index (χ2n) is 6.83. The zero-order chi connectivity index (χ0) is 24.7. The Kier molecular flexibility index (Phi) is 9.87. The van der Waals surface area contributed by atoms with Crippen molar-refractivity contribution >= 4 is 73.8 Å². The van der Waals surface area contributed by atoms with Gasteiger partial charge in [-0.1, -0.05) is 45.2 Å². The number of hydrogen-bond donors (Lipinski definition) is 1. The van der Waals surface area contributed by atoms with Gasteiger partial charge in [0.05, 0.1) is 29.1 Å². The summed E-state index contributed by atoms with van der Waals surface area (Å²) in [6.45, 7) is 2.59. The average molecular weight is 678 g/mol. The Hall–Kier alpha value is -2.01. The second-order valence-corrected chi connectivity index (χ2v) is 9.75. The molecule has 0 aliphatic carbocycles. The number of hydrazone groups is 1. The zero-order valence-corrected chi connectivity index (χ0v) is 23.5. The first kappa shape index (κ1) is 26.6. The van der Waals surface area contributed by atoms with E-state index in [1.807, 2.05) is 19.1 Å². The lowest BCUT2D eigenvalue weighted by Crippen LogP contribution is -2.18. The van der Waals surface area contributed by atoms with Crippen LogP contribution >= 0.6 is 61.7 Å². The lowest BCUT2D eigenvalue weighted by molar-refractivity contribution is 0.0952. The van der Waals surface area contributed by atoms with E-state index < -0.39 is 5.91 Å². The molecular weight excluding hydrogens is 658 g/mol. The largest absolute Gasteiger partial charge is 0.496 e. The molecule has 0 saturated carbocycles. The van der Waals surface area contributed by atoms with E-state index in [1.54, 1.807) is 36.4 Å². The molecule has 3 rings (SSSR count). The Bertz CT molecular complexity index is 1220. The molecule has 0 aromatic heterocycles. The third-order valence-corrected chi connectivity index (χ3v) is 6.39. The molecule has 0 spiro atoms. The minimum Gasteiger partial charge on any atom is -0.496 e. The van der Waals surface area contributed by atoms with E-state index in [2.05, 4.69) is 49.0 Å². The molecule has 1 N–H and O–H groups in total. The van der Waals surface area contributed by atoms with Crippen LogP contribution in [0.1, 0.15) is 28.4 Å². The Morgan fingerprint density at radius 3 is 2.62 bits per heavy atom. The van der Waals surface area contributed by atoms with Crippen molar-refractivity contribution in [3.63, 3.8) is 0 Å². The van der Waals surface area contributed by atoms with Gasteiger partial charge in [-0.05, 0) is 77.5 Å². The first-order valence-corrected chi connectivity index (χ1v) is 12.6. The summed E-state index contributed by atoms with van der Waals surface area (Å²) in [4.78, 5) is 12.5. The number of rotatable bonds is 9. The molecule has 0 bridgehead atoms. The highest BCUT2D eigenvalue weighted by Crippen LogP contribution is 2.35. The summed E-state index contributed by atoms with van der Waals surface area (Å²) in [5.74, 6) is 1.20. The van der Waals surface area contributed by atoms with Crippen molar-refractivity contribution in [2.45, 2.75) is 13.5 Å². The minimum atomic E-state index is -0.395. The summed E-state index contributed by atoms with van der Waals surface area (Å²) in [6.07, 6.45) is 1.53. The van der Waals surface area contributed by atoms with Crippen LogP contribution < -0.4 is 19.6 Å². The number of halogens is 4. The number of carbonyl (C=O) groups excluding carboxylic acids is 1. The highest BCUT2D eigenvalue weighted by Gasteiger charge is 2.14. The Morgan fingerprint density at radius 2 is 1.91 bits per heavy atom. The van der Waals surface area contributed by atoms with E-state index in [0.29, 0.717) is 39.5 Å². The van der Waals surface area contributed by atoms with Crippen molar-refractivity contribution in [3.05, 3.63) is 83.3 Å². The van der Waals surface area contributed by atoms with E-state index in [9.17, 15) is 4.79 Å². The number of ether oxygens (including phenoxy) is 3. The van der Waals surface area contributed by atoms with Crippen LogP contribution in [-0.2, 0) is 6.61 Å². The smallest absolute Gasteiger partial charge is 0.275 e. The van der Waals surface area contributed by atoms with Gasteiger partial charge in [0.25, 0.3) is 5.91 Å². The van der Waals surface area contributed by atoms with Crippen molar-refractivity contribution < 1.29 is 19.0 Å². The first-order valence-electron chi connectivity index (χ1n) is 10.0. The SMILES string of the molecule is CCOc1cc(/C=N\NC(=O)c2cc(Br)ccc2OC)cc(I)c1OCc1ccc(Cl)cc1Cl. The highest BCUT2D eigenvalue weighted by molar-refractivity contribution is 14.1. The van der Waals surface area contributed by atoms with E-state index in [1.165, 1.54) is 13.3 Å². The number of benzene rings is 3. The first-order chi connectivity index (χ1) is 16.3. The third kappa shape index (κ3) is 7.00. The number of nitrogens with one attached hydrogen (secondary N) is 1. The van der Waals surface area contributed by atoms with Crippen LogP contribution in [0, 0.1) is 3.57 Å². The van der Waals surface area contributed by atoms with Crippen LogP contribution in [0.5, 0.6) is 17.2 Å². The normalized spacial score (nSPS) is 10.9. The molecule has 178 valence electrons. The molecule has 0 aliphatic heterocycles. The van der Waals surface area contributed by atoms with Gasteiger partial charge in [0.15, 0.2) is 11.5 Å². The summed E-state index contributed by atoms with van der Waals surface area (Å²) in [6, 6.07) is 14.1. The van der Waals surface area contributed by atoms with E-state index in [4.69, 9.17) is 37.4 Å². The Balaban J connectivity index is 1.76. The van der Waals surface area contributed by atoms with Crippen molar-refractivity contribution in [1.29, 1.82) is 0 Å². The second kappa shape index (κ2) is 12.6. The summed E-state index contributed by atoms with van der Waals surface area (Å²) >= 11 is 17.7. The maximum Gasteiger partial charge on any atom is 0.275 e. The van der Waals surface area contributed by atoms with E-state index in [-0.39, 0.29) is 6.61 Å². The molecule has 0 atom stereocenters. The molecule has 0 saturated heterocycles. The molecular formula is C24H20BrCl2IN2O4. The van der Waals surface area contributed by atoms with Crippen molar-refractivity contribution in [2.24, 2.45) is 5.10 Å². The van der Waals surface area contributed by atoms with Crippen molar-refractivity contribution in [2.75, 3.05) is 13.7 Å². The van der Waals surface area contributed by atoms with Gasteiger partial charge in [0.1, 0.15) is 12.4 Å². The fourth-order valence-corrected chi connectivity index (χ4v) is 4.54. The fourth-order valence-electron chi connectivity index (χ4n) is 2.94. The number of carbonyl (C=O) groups is 1. The van der Waals surface area contributed by atoms with E-state index in [0.717, 1.165) is 19.2 Å². The number of nitrogens with zero attached hydrogens (tertiary/aromatic N) is 1. The molecule has 0 aliphatic rings. The molecule has 10 heteroatoms. The third-order valence-electron chi connectivity index (χ3n) is 4.50. The standard InChI is InChI=1S/C24H20BrCl2IN2O4/c1-3-33-22-9-14(12-29-30-24(31)18-10-16(25)5-7-21(18)32-2)8-20(28)23(22)34-13-15-4-6-17(26)11-19(15)27/h4-12H,3,13H2,1-2H3,(H,30,31)/b29-12-. The Labute approximate surface area is 229 Å². The van der Waals surface area contributed by atoms with Crippen LogP contribution in [0.3, 0.4) is 0 Å². The van der Waals surface area contributed by atoms with Crippen LogP contribution in [0.4, 0.5) is 0 Å². The molecule has 0 radical (unpaired) electrons. The minimum absolute atomic E-state index is 0.254. The number of methoxy groups -OCH3 is 1. The van der Waals surface area contributed by atoms with Crippen LogP contribution in [0.2, 0.25) is 10.0 Å². The van der Waals surface area contributed by atoms with Gasteiger partial charge in [-0.3, -0.25) is 4.79 Å². The van der Waals surface area contributed by atoms with Gasteiger partial charge >= 0.3 is 0 Å². The van der Waals surface area contributed by atoms with Crippen LogP contribution in [0.15, 0.2) is 58.1 Å². The van der Waals surface area contributed by atoms with Crippen molar-refractivity contribution in [3.8, 4) is 17.2 Å². The maximum atomic E-state index is 12.5. The van der Waals surface area contributed by atoms with E-state index >= 15 is 0 Å². The molecule has 1 amide bonds. The van der Waals surface area contributed by atoms with Gasteiger partial charge < -0.3 is 14.2 Å². The summed E-state index contributed by atoms with van der Waals surface area (Å²) in [5.41, 5.74) is 4.42. The van der Waals surface area contributed by atoms with Gasteiger partial charge in [0.2, 0.25) is 0 Å². The monoisotopic (exact) mass is 676 g/mol. The molecule has 6 nitrogen and oxygen atoms in total. The lowest BCUT2D eigenvalue weighted by Gasteiger charge is -2.15. The molecule has 3 aromatic carbocycles. The molecule has 0 unspecified atom stereocenters. The van der Waals surface area contributed by atoms with Gasteiger partial charge in [-0.25, -0.2) is 5.43 Å². The quantitative estimate of drug-likeness (QED) is 0.149. The lowest BCUT2D eigenvalue weighted by atomic mass is 10.2. The number of hydrogen-bond acceptors (Lipinski definition) is 5. The average Bonchev–Trinajstić information content (AvgIpc) is 2.79. The predicted octanol–water partition coefficient (Wildman–Crippen LogP) is 7.11. The fraction of sp³-hybridized carbons (Fsp3) is 0.167.